The van der Waals surface area contributed by atoms with E-state index in [0.29, 0.717) is 0 Å². The van der Waals surface area contributed by atoms with Gasteiger partial charge in [0.1, 0.15) is 5.82 Å². The van der Waals surface area contributed by atoms with Crippen LogP contribution in [0.1, 0.15) is 16.7 Å². The van der Waals surface area contributed by atoms with E-state index in [1.165, 1.54) is 16.5 Å². The van der Waals surface area contributed by atoms with Crippen LogP contribution >= 0.6 is 11.8 Å². The second kappa shape index (κ2) is 7.59. The van der Waals surface area contributed by atoms with Gasteiger partial charge in [-0.3, -0.25) is 11.3 Å². The first-order valence-electron chi connectivity index (χ1n) is 6.99. The van der Waals surface area contributed by atoms with Gasteiger partial charge in [-0.05, 0) is 55.7 Å². The number of benzene rings is 2. The predicted octanol–water partition coefficient (Wildman–Crippen LogP) is 3.61. The Hall–Kier alpha value is -1.36. The van der Waals surface area contributed by atoms with Crippen LogP contribution in [0.15, 0.2) is 47.4 Å². The summed E-state index contributed by atoms with van der Waals surface area (Å²) in [6.45, 7) is 4.07. The zero-order valence-corrected chi connectivity index (χ0v) is 13.2. The van der Waals surface area contributed by atoms with Gasteiger partial charge in [0, 0.05) is 16.7 Å². The first-order valence-corrected chi connectivity index (χ1v) is 7.97. The van der Waals surface area contributed by atoms with Crippen molar-refractivity contribution in [2.45, 2.75) is 31.2 Å². The van der Waals surface area contributed by atoms with Gasteiger partial charge < -0.3 is 0 Å². The van der Waals surface area contributed by atoms with Crippen molar-refractivity contribution in [1.82, 2.24) is 5.43 Å². The Kier molecular flexibility index (Phi) is 5.79. The van der Waals surface area contributed by atoms with E-state index in [0.717, 1.165) is 23.3 Å². The van der Waals surface area contributed by atoms with Gasteiger partial charge in [0.05, 0.1) is 0 Å². The average molecular weight is 304 g/mol. The van der Waals surface area contributed by atoms with Crippen LogP contribution in [-0.4, -0.2) is 11.8 Å². The van der Waals surface area contributed by atoms with Crippen molar-refractivity contribution in [3.63, 3.8) is 0 Å². The van der Waals surface area contributed by atoms with E-state index in [4.69, 9.17) is 5.84 Å². The van der Waals surface area contributed by atoms with E-state index in [2.05, 4.69) is 36.6 Å². The molecule has 4 heteroatoms. The minimum absolute atomic E-state index is 0.108. The molecule has 0 bridgehead atoms. The molecule has 3 N–H and O–H groups in total. The van der Waals surface area contributed by atoms with Gasteiger partial charge in [-0.1, -0.05) is 23.8 Å². The van der Waals surface area contributed by atoms with Gasteiger partial charge in [0.2, 0.25) is 0 Å². The molecule has 0 aliphatic heterocycles. The molecule has 0 saturated heterocycles. The highest BCUT2D eigenvalue weighted by atomic mass is 32.2. The van der Waals surface area contributed by atoms with Crippen LogP contribution in [0.5, 0.6) is 0 Å². The summed E-state index contributed by atoms with van der Waals surface area (Å²) >= 11 is 1.75. The third kappa shape index (κ3) is 4.84. The molecule has 0 aliphatic carbocycles. The molecule has 0 heterocycles. The predicted molar refractivity (Wildman–Crippen MR) is 87.9 cm³/mol. The highest BCUT2D eigenvalue weighted by Gasteiger charge is 2.11. The SMILES string of the molecule is Cc1ccc(SCC(Cc2cc(F)ccc2C)NN)cc1. The molecule has 0 amide bonds. The highest BCUT2D eigenvalue weighted by Crippen LogP contribution is 2.21. The number of hydrazine groups is 1. The fourth-order valence-corrected chi connectivity index (χ4v) is 3.06. The molecule has 0 saturated carbocycles. The molecule has 0 spiro atoms. The zero-order chi connectivity index (χ0) is 15.2. The van der Waals surface area contributed by atoms with E-state index >= 15 is 0 Å². The van der Waals surface area contributed by atoms with Crippen LogP contribution < -0.4 is 11.3 Å². The summed E-state index contributed by atoms with van der Waals surface area (Å²) in [7, 11) is 0. The molecule has 0 aromatic heterocycles. The molecule has 2 aromatic carbocycles. The number of hydrogen-bond acceptors (Lipinski definition) is 3. The van der Waals surface area contributed by atoms with Crippen LogP contribution in [0.4, 0.5) is 4.39 Å². The molecule has 1 unspecified atom stereocenters. The average Bonchev–Trinajstić information content (AvgIpc) is 2.48. The highest BCUT2D eigenvalue weighted by molar-refractivity contribution is 7.99. The number of rotatable bonds is 6. The van der Waals surface area contributed by atoms with E-state index in [-0.39, 0.29) is 11.9 Å². The second-order valence-corrected chi connectivity index (χ2v) is 6.36. The number of nitrogens with one attached hydrogen (secondary N) is 1. The maximum absolute atomic E-state index is 13.3. The largest absolute Gasteiger partial charge is 0.271 e. The van der Waals surface area contributed by atoms with E-state index in [1.807, 2.05) is 13.0 Å². The summed E-state index contributed by atoms with van der Waals surface area (Å²) in [5, 5.41) is 0. The number of nitrogens with two attached hydrogens (primary N) is 1. The van der Waals surface area contributed by atoms with Crippen molar-refractivity contribution >= 4 is 11.8 Å². The topological polar surface area (TPSA) is 38.0 Å². The standard InChI is InChI=1S/C17H21FN2S/c1-12-3-7-17(8-4-12)21-11-16(20-19)10-14-9-15(18)6-5-13(14)2/h3-9,16,20H,10-11,19H2,1-2H3. The van der Waals surface area contributed by atoms with Crippen LogP contribution in [0.2, 0.25) is 0 Å². The molecule has 0 fully saturated rings. The lowest BCUT2D eigenvalue weighted by Crippen LogP contribution is -2.38. The molecule has 1 atom stereocenters. The summed E-state index contributed by atoms with van der Waals surface area (Å²) in [5.74, 6) is 6.29. The number of hydrogen-bond donors (Lipinski definition) is 2. The first-order chi connectivity index (χ1) is 10.1. The van der Waals surface area contributed by atoms with Gasteiger partial charge in [0.15, 0.2) is 0 Å². The van der Waals surface area contributed by atoms with E-state index < -0.39 is 0 Å². The van der Waals surface area contributed by atoms with Crippen molar-refractivity contribution in [3.05, 3.63) is 65.0 Å². The molecule has 2 rings (SSSR count). The van der Waals surface area contributed by atoms with Gasteiger partial charge >= 0.3 is 0 Å². The zero-order valence-electron chi connectivity index (χ0n) is 12.4. The summed E-state index contributed by atoms with van der Waals surface area (Å²) in [6.07, 6.45) is 0.721. The Morgan fingerprint density at radius 1 is 1.14 bits per heavy atom. The normalized spacial score (nSPS) is 12.4. The lowest BCUT2D eigenvalue weighted by molar-refractivity contribution is 0.569. The molecular weight excluding hydrogens is 283 g/mol. The molecule has 0 aliphatic rings. The third-order valence-corrected chi connectivity index (χ3v) is 4.66. The Balaban J connectivity index is 1.96. The van der Waals surface area contributed by atoms with Gasteiger partial charge in [-0.25, -0.2) is 4.39 Å². The number of halogens is 1. The van der Waals surface area contributed by atoms with Crippen LogP contribution in [0, 0.1) is 19.7 Å². The van der Waals surface area contributed by atoms with E-state index in [9.17, 15) is 4.39 Å². The first kappa shape index (κ1) is 16.0. The molecular formula is C17H21FN2S. The summed E-state index contributed by atoms with van der Waals surface area (Å²) < 4.78 is 13.3. The summed E-state index contributed by atoms with van der Waals surface area (Å²) in [6, 6.07) is 13.4. The summed E-state index contributed by atoms with van der Waals surface area (Å²) in [4.78, 5) is 1.22. The summed E-state index contributed by atoms with van der Waals surface area (Å²) in [5.41, 5.74) is 6.19. The lowest BCUT2D eigenvalue weighted by atomic mass is 10.0. The fourth-order valence-electron chi connectivity index (χ4n) is 2.12. The smallest absolute Gasteiger partial charge is 0.123 e. The van der Waals surface area contributed by atoms with Gasteiger partial charge in [-0.2, -0.15) is 0 Å². The Morgan fingerprint density at radius 3 is 2.52 bits per heavy atom. The maximum Gasteiger partial charge on any atom is 0.123 e. The monoisotopic (exact) mass is 304 g/mol. The lowest BCUT2D eigenvalue weighted by Gasteiger charge is -2.17. The minimum Gasteiger partial charge on any atom is -0.271 e. The Morgan fingerprint density at radius 2 is 1.86 bits per heavy atom. The van der Waals surface area contributed by atoms with Crippen molar-refractivity contribution in [1.29, 1.82) is 0 Å². The van der Waals surface area contributed by atoms with Crippen LogP contribution in [-0.2, 0) is 6.42 Å². The quantitative estimate of drug-likeness (QED) is 0.486. The van der Waals surface area contributed by atoms with Crippen molar-refractivity contribution < 1.29 is 4.39 Å². The minimum atomic E-state index is -0.197. The molecule has 2 nitrogen and oxygen atoms in total. The van der Waals surface area contributed by atoms with Gasteiger partial charge in [0.25, 0.3) is 0 Å². The van der Waals surface area contributed by atoms with E-state index in [1.54, 1.807) is 17.8 Å². The van der Waals surface area contributed by atoms with Gasteiger partial charge in [-0.15, -0.1) is 11.8 Å². The van der Waals surface area contributed by atoms with Crippen molar-refractivity contribution in [2.75, 3.05) is 5.75 Å². The fraction of sp³-hybridized carbons (Fsp3) is 0.294. The molecule has 21 heavy (non-hydrogen) atoms. The molecule has 2 aromatic rings. The third-order valence-electron chi connectivity index (χ3n) is 3.49. The maximum atomic E-state index is 13.3. The van der Waals surface area contributed by atoms with Crippen LogP contribution in [0.25, 0.3) is 0 Å². The number of thioether (sulfide) groups is 1. The second-order valence-electron chi connectivity index (χ2n) is 5.26. The molecule has 0 radical (unpaired) electrons. The van der Waals surface area contributed by atoms with Crippen LogP contribution in [0.3, 0.4) is 0 Å². The Bertz CT molecular complexity index is 584. The van der Waals surface area contributed by atoms with Crippen molar-refractivity contribution in [3.8, 4) is 0 Å². The molecule has 112 valence electrons. The Labute approximate surface area is 129 Å². The van der Waals surface area contributed by atoms with Crippen molar-refractivity contribution in [2.24, 2.45) is 5.84 Å². The number of aryl methyl sites for hydroxylation is 2.